The van der Waals surface area contributed by atoms with Gasteiger partial charge in [-0.05, 0) is 48.4 Å². The number of quaternary nitrogens is 1. The molecule has 2 aromatic rings. The normalized spacial score (nSPS) is 16.9. The summed E-state index contributed by atoms with van der Waals surface area (Å²) in [7, 11) is 5.18. The fourth-order valence-electron chi connectivity index (χ4n) is 3.87. The van der Waals surface area contributed by atoms with Gasteiger partial charge in [0.2, 0.25) is 5.91 Å². The smallest absolute Gasteiger partial charge is 0.292 e. The lowest BCUT2D eigenvalue weighted by atomic mass is 10.1. The quantitative estimate of drug-likeness (QED) is 0.428. The summed E-state index contributed by atoms with van der Waals surface area (Å²) < 4.78 is 16.3. The zero-order valence-corrected chi connectivity index (χ0v) is 19.3. The monoisotopic (exact) mass is 441 g/mol. The molecule has 7 nitrogen and oxygen atoms in total. The number of imide groups is 1. The molecule has 0 radical (unpaired) electrons. The van der Waals surface area contributed by atoms with Crippen LogP contribution in [0.1, 0.15) is 31.7 Å². The lowest BCUT2D eigenvalue weighted by Crippen LogP contribution is -3.14. The Balaban J connectivity index is 1.61. The van der Waals surface area contributed by atoms with Crippen molar-refractivity contribution < 1.29 is 28.7 Å². The summed E-state index contributed by atoms with van der Waals surface area (Å²) in [5, 5.41) is 0. The van der Waals surface area contributed by atoms with Crippen LogP contribution in [0.3, 0.4) is 0 Å². The number of hydrogen-bond acceptors (Lipinski definition) is 5. The van der Waals surface area contributed by atoms with Crippen LogP contribution in [0, 0.1) is 0 Å². The van der Waals surface area contributed by atoms with Crippen LogP contribution in [0.25, 0.3) is 0 Å². The number of amides is 2. The Kier molecular flexibility index (Phi) is 8.11. The summed E-state index contributed by atoms with van der Waals surface area (Å²) in [6.45, 7) is 3.49. The minimum Gasteiger partial charge on any atom is -0.494 e. The van der Waals surface area contributed by atoms with Gasteiger partial charge in [0.15, 0.2) is 17.5 Å². The minimum atomic E-state index is -0.386. The molecule has 1 aliphatic heterocycles. The van der Waals surface area contributed by atoms with Crippen LogP contribution in [-0.4, -0.2) is 52.3 Å². The summed E-state index contributed by atoms with van der Waals surface area (Å²) >= 11 is 0. The van der Waals surface area contributed by atoms with E-state index in [1.165, 1.54) is 4.90 Å². The molecule has 1 fully saturated rings. The van der Waals surface area contributed by atoms with Crippen LogP contribution in [0.15, 0.2) is 42.5 Å². The third kappa shape index (κ3) is 5.40. The molecule has 2 atom stereocenters. The van der Waals surface area contributed by atoms with E-state index in [1.807, 2.05) is 37.4 Å². The SMILES string of the molecule is CCCCOc1ccc(N2C(=O)C[C@H]([NH+](C)CCc3ccc(OC)c(OC)c3)C2=O)cc1. The molecule has 2 aromatic carbocycles. The first kappa shape index (κ1) is 23.6. The summed E-state index contributed by atoms with van der Waals surface area (Å²) in [6.07, 6.45) is 3.03. The van der Waals surface area contributed by atoms with Gasteiger partial charge in [0.25, 0.3) is 5.91 Å². The van der Waals surface area contributed by atoms with Crippen molar-refractivity contribution in [2.75, 3.05) is 39.3 Å². The van der Waals surface area contributed by atoms with E-state index in [-0.39, 0.29) is 24.3 Å². The number of rotatable bonds is 11. The predicted molar refractivity (Wildman–Crippen MR) is 123 cm³/mol. The molecule has 1 heterocycles. The van der Waals surface area contributed by atoms with Crippen LogP contribution in [0.5, 0.6) is 17.2 Å². The molecule has 1 unspecified atom stereocenters. The molecule has 2 amide bonds. The molecule has 0 spiro atoms. The topological polar surface area (TPSA) is 69.5 Å². The van der Waals surface area contributed by atoms with Crippen molar-refractivity contribution in [2.24, 2.45) is 0 Å². The summed E-state index contributed by atoms with van der Waals surface area (Å²) in [5.41, 5.74) is 1.69. The number of methoxy groups -OCH3 is 2. The molecule has 3 rings (SSSR count). The number of carbonyl (C=O) groups excluding carboxylic acids is 2. The first-order chi connectivity index (χ1) is 15.5. The van der Waals surface area contributed by atoms with Crippen LogP contribution in [0.4, 0.5) is 5.69 Å². The van der Waals surface area contributed by atoms with Gasteiger partial charge >= 0.3 is 0 Å². The highest BCUT2D eigenvalue weighted by molar-refractivity contribution is 6.21. The largest absolute Gasteiger partial charge is 0.494 e. The number of nitrogens with zero attached hydrogens (tertiary/aromatic N) is 1. The van der Waals surface area contributed by atoms with Gasteiger partial charge < -0.3 is 19.1 Å². The second-order valence-corrected chi connectivity index (χ2v) is 8.06. The maximum absolute atomic E-state index is 13.1. The number of likely N-dealkylation sites (N-methyl/N-ethyl adjacent to an activating group) is 1. The number of ether oxygens (including phenoxy) is 3. The van der Waals surface area contributed by atoms with E-state index in [4.69, 9.17) is 14.2 Å². The Hall–Kier alpha value is -3.06. The number of anilines is 1. The zero-order chi connectivity index (χ0) is 23.1. The summed E-state index contributed by atoms with van der Waals surface area (Å²) in [6, 6.07) is 12.6. The third-order valence-electron chi connectivity index (χ3n) is 5.86. The molecule has 172 valence electrons. The second-order valence-electron chi connectivity index (χ2n) is 8.06. The van der Waals surface area contributed by atoms with Crippen LogP contribution >= 0.6 is 0 Å². The number of unbranched alkanes of at least 4 members (excludes halogenated alkanes) is 1. The average Bonchev–Trinajstić information content (AvgIpc) is 3.11. The van der Waals surface area contributed by atoms with E-state index >= 15 is 0 Å². The Morgan fingerprint density at radius 2 is 1.75 bits per heavy atom. The number of hydrogen-bond donors (Lipinski definition) is 1. The number of benzene rings is 2. The Labute approximate surface area is 189 Å². The van der Waals surface area contributed by atoms with Crippen LogP contribution in [0.2, 0.25) is 0 Å². The van der Waals surface area contributed by atoms with E-state index in [1.54, 1.807) is 26.4 Å². The highest BCUT2D eigenvalue weighted by Crippen LogP contribution is 2.28. The van der Waals surface area contributed by atoms with Gasteiger partial charge in [-0.1, -0.05) is 19.4 Å². The van der Waals surface area contributed by atoms with E-state index < -0.39 is 0 Å². The second kappa shape index (κ2) is 11.0. The highest BCUT2D eigenvalue weighted by atomic mass is 16.5. The van der Waals surface area contributed by atoms with Crippen LogP contribution < -0.4 is 24.0 Å². The summed E-state index contributed by atoms with van der Waals surface area (Å²) in [5.74, 6) is 1.80. The number of carbonyl (C=O) groups is 2. The maximum Gasteiger partial charge on any atom is 0.292 e. The van der Waals surface area contributed by atoms with Crippen molar-refractivity contribution in [3.8, 4) is 17.2 Å². The van der Waals surface area contributed by atoms with E-state index in [0.29, 0.717) is 23.8 Å². The van der Waals surface area contributed by atoms with Gasteiger partial charge in [-0.15, -0.1) is 0 Å². The van der Waals surface area contributed by atoms with Crippen molar-refractivity contribution in [2.45, 2.75) is 38.6 Å². The van der Waals surface area contributed by atoms with Crippen LogP contribution in [-0.2, 0) is 16.0 Å². The van der Waals surface area contributed by atoms with E-state index in [2.05, 4.69) is 6.92 Å². The molecular formula is C25H33N2O5+. The van der Waals surface area contributed by atoms with Gasteiger partial charge in [0.1, 0.15) is 5.75 Å². The molecule has 32 heavy (non-hydrogen) atoms. The van der Waals surface area contributed by atoms with Crippen molar-refractivity contribution in [3.63, 3.8) is 0 Å². The molecule has 0 bridgehead atoms. The van der Waals surface area contributed by atoms with Gasteiger partial charge in [-0.2, -0.15) is 0 Å². The Bertz CT molecular complexity index is 928. The van der Waals surface area contributed by atoms with E-state index in [0.717, 1.165) is 42.0 Å². The van der Waals surface area contributed by atoms with Crippen molar-refractivity contribution in [3.05, 3.63) is 48.0 Å². The first-order valence-corrected chi connectivity index (χ1v) is 11.1. The Morgan fingerprint density at radius 3 is 2.41 bits per heavy atom. The molecule has 0 saturated carbocycles. The molecule has 7 heteroatoms. The van der Waals surface area contributed by atoms with Gasteiger partial charge in [0.05, 0.1) is 46.5 Å². The van der Waals surface area contributed by atoms with Crippen molar-refractivity contribution >= 4 is 17.5 Å². The first-order valence-electron chi connectivity index (χ1n) is 11.1. The molecule has 0 aliphatic carbocycles. The zero-order valence-electron chi connectivity index (χ0n) is 19.3. The van der Waals surface area contributed by atoms with Gasteiger partial charge in [0, 0.05) is 6.42 Å². The van der Waals surface area contributed by atoms with E-state index in [9.17, 15) is 9.59 Å². The predicted octanol–water partition coefficient (Wildman–Crippen LogP) is 2.27. The third-order valence-corrected chi connectivity index (χ3v) is 5.86. The summed E-state index contributed by atoms with van der Waals surface area (Å²) in [4.78, 5) is 28.0. The molecular weight excluding hydrogens is 408 g/mol. The Morgan fingerprint density at radius 1 is 1.03 bits per heavy atom. The van der Waals surface area contributed by atoms with Crippen molar-refractivity contribution in [1.82, 2.24) is 0 Å². The fraction of sp³-hybridized carbons (Fsp3) is 0.440. The average molecular weight is 442 g/mol. The minimum absolute atomic E-state index is 0.153. The number of nitrogens with one attached hydrogen (secondary N) is 1. The lowest BCUT2D eigenvalue weighted by Gasteiger charge is -2.20. The molecule has 1 N–H and O–H groups in total. The molecule has 0 aromatic heterocycles. The van der Waals surface area contributed by atoms with Gasteiger partial charge in [-0.3, -0.25) is 9.59 Å². The van der Waals surface area contributed by atoms with Crippen molar-refractivity contribution in [1.29, 1.82) is 0 Å². The lowest BCUT2D eigenvalue weighted by molar-refractivity contribution is -0.894. The molecule has 1 aliphatic rings. The standard InChI is InChI=1S/C25H32N2O5/c1-5-6-15-32-20-10-8-19(9-11-20)27-24(28)17-21(25(27)29)26(2)14-13-18-7-12-22(30-3)23(16-18)31-4/h7-12,16,21H,5-6,13-15,17H2,1-4H3/p+1/t21-/m0/s1. The highest BCUT2D eigenvalue weighted by Gasteiger charge is 2.44. The van der Waals surface area contributed by atoms with Gasteiger partial charge in [-0.25, -0.2) is 4.90 Å². The fourth-order valence-corrected chi connectivity index (χ4v) is 3.87. The maximum atomic E-state index is 13.1. The molecule has 1 saturated heterocycles.